The Hall–Kier alpha value is -2.03. The molecule has 0 radical (unpaired) electrons. The molecule has 0 aliphatic carbocycles. The van der Waals surface area contributed by atoms with Gasteiger partial charge in [0.05, 0.1) is 0 Å². The molecule has 2 rings (SSSR count). The third-order valence-corrected chi connectivity index (χ3v) is 2.92. The summed E-state index contributed by atoms with van der Waals surface area (Å²) >= 11 is 0. The highest BCUT2D eigenvalue weighted by Crippen LogP contribution is 2.19. The molecule has 0 saturated heterocycles. The van der Waals surface area contributed by atoms with Crippen LogP contribution in [0.4, 0.5) is 15.8 Å². The van der Waals surface area contributed by atoms with Crippen molar-refractivity contribution in [2.75, 3.05) is 24.2 Å². The topological polar surface area (TPSA) is 29.3 Å². The Labute approximate surface area is 107 Å². The third-order valence-electron chi connectivity index (χ3n) is 2.92. The van der Waals surface area contributed by atoms with E-state index in [9.17, 15) is 4.39 Å². The van der Waals surface area contributed by atoms with E-state index >= 15 is 0 Å². The molecule has 2 N–H and O–H groups in total. The van der Waals surface area contributed by atoms with E-state index in [0.717, 1.165) is 18.7 Å². The van der Waals surface area contributed by atoms with Gasteiger partial charge in [-0.15, -0.1) is 0 Å². The van der Waals surface area contributed by atoms with Gasteiger partial charge in [0, 0.05) is 25.0 Å². The first-order valence-corrected chi connectivity index (χ1v) is 5.96. The molecule has 0 heterocycles. The number of anilines is 2. The second kappa shape index (κ2) is 5.54. The van der Waals surface area contributed by atoms with Gasteiger partial charge >= 0.3 is 0 Å². The number of hydrogen-bond donors (Lipinski definition) is 1. The van der Waals surface area contributed by atoms with E-state index in [1.165, 1.54) is 17.7 Å². The molecule has 0 saturated carbocycles. The molecule has 0 bridgehead atoms. The lowest BCUT2D eigenvalue weighted by molar-refractivity contribution is 0.628. The minimum atomic E-state index is -0.295. The standard InChI is InChI=1S/C15H17FN2/c1-18(8-7-12-5-3-2-4-6-12)15-10-13(16)9-14(17)11-15/h2-6,9-11H,7-8,17H2,1H3. The zero-order valence-corrected chi connectivity index (χ0v) is 10.4. The molecule has 94 valence electrons. The van der Waals surface area contributed by atoms with Crippen LogP contribution in [0.2, 0.25) is 0 Å². The van der Waals surface area contributed by atoms with Crippen LogP contribution in [0.1, 0.15) is 5.56 Å². The first-order chi connectivity index (χ1) is 8.65. The summed E-state index contributed by atoms with van der Waals surface area (Å²) in [4.78, 5) is 2.01. The quantitative estimate of drug-likeness (QED) is 0.837. The molecular weight excluding hydrogens is 227 g/mol. The highest BCUT2D eigenvalue weighted by Gasteiger charge is 2.04. The fourth-order valence-electron chi connectivity index (χ4n) is 1.89. The maximum Gasteiger partial charge on any atom is 0.127 e. The van der Waals surface area contributed by atoms with Gasteiger partial charge in [0.15, 0.2) is 0 Å². The summed E-state index contributed by atoms with van der Waals surface area (Å²) in [5.74, 6) is -0.295. The van der Waals surface area contributed by atoms with E-state index in [1.807, 2.05) is 30.1 Å². The van der Waals surface area contributed by atoms with E-state index in [4.69, 9.17) is 5.73 Å². The van der Waals surface area contributed by atoms with Crippen molar-refractivity contribution in [2.45, 2.75) is 6.42 Å². The summed E-state index contributed by atoms with van der Waals surface area (Å²) in [6.45, 7) is 0.826. The number of rotatable bonds is 4. The van der Waals surface area contributed by atoms with Crippen LogP contribution in [0, 0.1) is 5.82 Å². The second-order valence-electron chi connectivity index (χ2n) is 4.40. The summed E-state index contributed by atoms with van der Waals surface area (Å²) in [6, 6.07) is 14.8. The Morgan fingerprint density at radius 3 is 2.50 bits per heavy atom. The van der Waals surface area contributed by atoms with Crippen LogP contribution in [-0.2, 0) is 6.42 Å². The third kappa shape index (κ3) is 3.23. The van der Waals surface area contributed by atoms with Gasteiger partial charge in [-0.2, -0.15) is 0 Å². The van der Waals surface area contributed by atoms with Crippen molar-refractivity contribution in [1.29, 1.82) is 0 Å². The maximum absolute atomic E-state index is 13.2. The lowest BCUT2D eigenvalue weighted by Gasteiger charge is -2.19. The van der Waals surface area contributed by atoms with E-state index in [0.29, 0.717) is 5.69 Å². The molecule has 0 aliphatic rings. The van der Waals surface area contributed by atoms with Crippen LogP contribution in [0.15, 0.2) is 48.5 Å². The number of nitrogens with zero attached hydrogens (tertiary/aromatic N) is 1. The number of nitrogens with two attached hydrogens (primary N) is 1. The lowest BCUT2D eigenvalue weighted by Crippen LogP contribution is -2.20. The monoisotopic (exact) mass is 244 g/mol. The summed E-state index contributed by atoms with van der Waals surface area (Å²) < 4.78 is 13.2. The first kappa shape index (κ1) is 12.4. The molecule has 0 amide bonds. The number of hydrogen-bond acceptors (Lipinski definition) is 2. The van der Waals surface area contributed by atoms with Gasteiger partial charge in [-0.05, 0) is 30.2 Å². The number of nitrogen functional groups attached to an aromatic ring is 1. The largest absolute Gasteiger partial charge is 0.399 e. The van der Waals surface area contributed by atoms with Crippen molar-refractivity contribution >= 4 is 11.4 Å². The second-order valence-corrected chi connectivity index (χ2v) is 4.40. The van der Waals surface area contributed by atoms with Gasteiger partial charge in [0.2, 0.25) is 0 Å². The highest BCUT2D eigenvalue weighted by atomic mass is 19.1. The van der Waals surface area contributed by atoms with Crippen molar-refractivity contribution in [3.8, 4) is 0 Å². The Bertz CT molecular complexity index is 491. The minimum Gasteiger partial charge on any atom is -0.399 e. The van der Waals surface area contributed by atoms with Crippen LogP contribution in [0.3, 0.4) is 0 Å². The Kier molecular flexibility index (Phi) is 3.82. The lowest BCUT2D eigenvalue weighted by atomic mass is 10.1. The summed E-state index contributed by atoms with van der Waals surface area (Å²) in [5.41, 5.74) is 8.17. The Morgan fingerprint density at radius 2 is 1.83 bits per heavy atom. The molecule has 2 aromatic rings. The van der Waals surface area contributed by atoms with Gasteiger partial charge in [-0.3, -0.25) is 0 Å². The van der Waals surface area contributed by atoms with E-state index in [-0.39, 0.29) is 5.82 Å². The van der Waals surface area contributed by atoms with E-state index < -0.39 is 0 Å². The number of benzene rings is 2. The predicted octanol–water partition coefficient (Wildman–Crippen LogP) is 3.09. The van der Waals surface area contributed by atoms with Gasteiger partial charge in [0.1, 0.15) is 5.82 Å². The zero-order valence-electron chi connectivity index (χ0n) is 10.4. The molecule has 0 aromatic heterocycles. The van der Waals surface area contributed by atoms with E-state index in [2.05, 4.69) is 12.1 Å². The molecule has 2 nitrogen and oxygen atoms in total. The van der Waals surface area contributed by atoms with Crippen molar-refractivity contribution < 1.29 is 4.39 Å². The molecule has 0 spiro atoms. The fraction of sp³-hybridized carbons (Fsp3) is 0.200. The smallest absolute Gasteiger partial charge is 0.127 e. The van der Waals surface area contributed by atoms with Crippen LogP contribution < -0.4 is 10.6 Å². The van der Waals surface area contributed by atoms with Crippen molar-refractivity contribution in [3.05, 3.63) is 59.9 Å². The van der Waals surface area contributed by atoms with Crippen LogP contribution >= 0.6 is 0 Å². The SMILES string of the molecule is CN(CCc1ccccc1)c1cc(N)cc(F)c1. The normalized spacial score (nSPS) is 10.3. The van der Waals surface area contributed by atoms with Crippen molar-refractivity contribution in [2.24, 2.45) is 0 Å². The number of likely N-dealkylation sites (N-methyl/N-ethyl adjacent to an activating group) is 1. The minimum absolute atomic E-state index is 0.295. The van der Waals surface area contributed by atoms with Crippen LogP contribution in [-0.4, -0.2) is 13.6 Å². The molecule has 3 heteroatoms. The Balaban J connectivity index is 2.01. The van der Waals surface area contributed by atoms with E-state index in [1.54, 1.807) is 6.07 Å². The molecule has 0 unspecified atom stereocenters. The molecule has 2 aromatic carbocycles. The molecule has 0 aliphatic heterocycles. The summed E-state index contributed by atoms with van der Waals surface area (Å²) in [6.07, 6.45) is 0.924. The summed E-state index contributed by atoms with van der Waals surface area (Å²) in [7, 11) is 1.94. The van der Waals surface area contributed by atoms with Gasteiger partial charge < -0.3 is 10.6 Å². The van der Waals surface area contributed by atoms with Crippen molar-refractivity contribution in [3.63, 3.8) is 0 Å². The number of halogens is 1. The predicted molar refractivity (Wildman–Crippen MR) is 74.2 cm³/mol. The maximum atomic E-state index is 13.2. The van der Waals surface area contributed by atoms with Crippen LogP contribution in [0.5, 0.6) is 0 Å². The van der Waals surface area contributed by atoms with Gasteiger partial charge in [-0.1, -0.05) is 30.3 Å². The average Bonchev–Trinajstić information content (AvgIpc) is 2.36. The van der Waals surface area contributed by atoms with Crippen molar-refractivity contribution in [1.82, 2.24) is 0 Å². The van der Waals surface area contributed by atoms with Gasteiger partial charge in [-0.25, -0.2) is 4.39 Å². The molecule has 0 atom stereocenters. The zero-order chi connectivity index (χ0) is 13.0. The molecular formula is C15H17FN2. The Morgan fingerprint density at radius 1 is 1.11 bits per heavy atom. The first-order valence-electron chi connectivity index (χ1n) is 5.96. The molecule has 0 fully saturated rings. The molecule has 18 heavy (non-hydrogen) atoms. The fourth-order valence-corrected chi connectivity index (χ4v) is 1.89. The van der Waals surface area contributed by atoms with Crippen LogP contribution in [0.25, 0.3) is 0 Å². The highest BCUT2D eigenvalue weighted by molar-refractivity contribution is 5.56. The summed E-state index contributed by atoms with van der Waals surface area (Å²) in [5, 5.41) is 0. The average molecular weight is 244 g/mol. The van der Waals surface area contributed by atoms with Gasteiger partial charge in [0.25, 0.3) is 0 Å².